The van der Waals surface area contributed by atoms with Crippen LogP contribution in [0.4, 0.5) is 5.69 Å². The third-order valence-corrected chi connectivity index (χ3v) is 3.61. The molecule has 4 N–H and O–H groups in total. The van der Waals surface area contributed by atoms with Crippen molar-refractivity contribution in [2.75, 3.05) is 18.0 Å². The van der Waals surface area contributed by atoms with E-state index in [0.29, 0.717) is 5.92 Å². The van der Waals surface area contributed by atoms with Gasteiger partial charge < -0.3 is 16.4 Å². The van der Waals surface area contributed by atoms with E-state index in [-0.39, 0.29) is 12.1 Å². The molecule has 1 aromatic heterocycles. The van der Waals surface area contributed by atoms with Crippen LogP contribution in [0.15, 0.2) is 17.1 Å². The zero-order chi connectivity index (χ0) is 14.7. The molecule has 20 heavy (non-hydrogen) atoms. The zero-order valence-corrected chi connectivity index (χ0v) is 11.7. The number of rotatable bonds is 4. The number of primary amides is 1. The van der Waals surface area contributed by atoms with Crippen LogP contribution in [0, 0.1) is 5.92 Å². The molecule has 0 aliphatic carbocycles. The summed E-state index contributed by atoms with van der Waals surface area (Å²) in [7, 11) is 0. The molecule has 1 amide bonds. The van der Waals surface area contributed by atoms with Gasteiger partial charge in [-0.25, -0.2) is 4.68 Å². The van der Waals surface area contributed by atoms with Gasteiger partial charge in [0.2, 0.25) is 5.91 Å². The third kappa shape index (κ3) is 3.36. The Balaban J connectivity index is 2.13. The van der Waals surface area contributed by atoms with Gasteiger partial charge in [-0.05, 0) is 18.8 Å². The average Bonchev–Trinajstić information content (AvgIpc) is 2.40. The normalized spacial score (nSPS) is 20.7. The van der Waals surface area contributed by atoms with Crippen molar-refractivity contribution in [3.05, 3.63) is 22.6 Å². The number of hydrogen-bond donors (Lipinski definition) is 2. The third-order valence-electron chi connectivity index (χ3n) is 3.61. The van der Waals surface area contributed by atoms with E-state index < -0.39 is 11.9 Å². The molecule has 0 bridgehead atoms. The van der Waals surface area contributed by atoms with Crippen molar-refractivity contribution in [1.29, 1.82) is 0 Å². The molecular weight excluding hydrogens is 258 g/mol. The summed E-state index contributed by atoms with van der Waals surface area (Å²) in [5.41, 5.74) is 11.2. The van der Waals surface area contributed by atoms with Gasteiger partial charge in [0.15, 0.2) is 0 Å². The van der Waals surface area contributed by atoms with E-state index in [1.165, 1.54) is 11.1 Å². The van der Waals surface area contributed by atoms with Gasteiger partial charge in [0, 0.05) is 19.2 Å². The molecular formula is C13H21N5O2. The Labute approximate surface area is 117 Å². The molecule has 1 saturated heterocycles. The summed E-state index contributed by atoms with van der Waals surface area (Å²) >= 11 is 0. The van der Waals surface area contributed by atoms with Gasteiger partial charge >= 0.3 is 0 Å². The second-order valence-electron chi connectivity index (χ2n) is 5.44. The maximum atomic E-state index is 12.0. The number of amides is 1. The molecule has 7 heteroatoms. The maximum Gasteiger partial charge on any atom is 0.268 e. The van der Waals surface area contributed by atoms with Crippen LogP contribution in [-0.2, 0) is 11.3 Å². The summed E-state index contributed by atoms with van der Waals surface area (Å²) in [6.45, 7) is 4.08. The number of aromatic nitrogens is 2. The number of anilines is 1. The van der Waals surface area contributed by atoms with E-state index >= 15 is 0 Å². The van der Waals surface area contributed by atoms with E-state index in [2.05, 4.69) is 16.9 Å². The van der Waals surface area contributed by atoms with Crippen LogP contribution in [0.5, 0.6) is 0 Å². The van der Waals surface area contributed by atoms with Crippen LogP contribution in [0.3, 0.4) is 0 Å². The minimum absolute atomic E-state index is 0.00481. The highest BCUT2D eigenvalue weighted by Gasteiger charge is 2.18. The van der Waals surface area contributed by atoms with Gasteiger partial charge in [0.05, 0.1) is 18.4 Å². The highest BCUT2D eigenvalue weighted by atomic mass is 16.1. The first kappa shape index (κ1) is 14.5. The lowest BCUT2D eigenvalue weighted by Crippen LogP contribution is -2.43. The van der Waals surface area contributed by atoms with Crippen molar-refractivity contribution < 1.29 is 4.79 Å². The van der Waals surface area contributed by atoms with Crippen molar-refractivity contribution in [1.82, 2.24) is 9.78 Å². The highest BCUT2D eigenvalue weighted by Crippen LogP contribution is 2.20. The number of nitrogens with two attached hydrogens (primary N) is 2. The lowest BCUT2D eigenvalue weighted by Gasteiger charge is -2.32. The zero-order valence-electron chi connectivity index (χ0n) is 11.7. The molecule has 2 heterocycles. The van der Waals surface area contributed by atoms with Gasteiger partial charge in [-0.15, -0.1) is 0 Å². The molecule has 0 spiro atoms. The largest absolute Gasteiger partial charge is 0.370 e. The molecule has 2 unspecified atom stereocenters. The maximum absolute atomic E-state index is 12.0. The number of hydrogen-bond acceptors (Lipinski definition) is 5. The van der Waals surface area contributed by atoms with Crippen LogP contribution < -0.4 is 21.9 Å². The summed E-state index contributed by atoms with van der Waals surface area (Å²) in [4.78, 5) is 25.1. The SMILES string of the molecule is CC1CCCN(c2cnn(CC(N)C(N)=O)c(=O)c2)C1. The summed E-state index contributed by atoms with van der Waals surface area (Å²) in [5, 5.41) is 4.08. The molecule has 1 aliphatic heterocycles. The molecule has 2 atom stereocenters. The Morgan fingerprint density at radius 2 is 2.35 bits per heavy atom. The van der Waals surface area contributed by atoms with Gasteiger partial charge in [-0.3, -0.25) is 9.59 Å². The quantitative estimate of drug-likeness (QED) is 0.757. The first-order valence-electron chi connectivity index (χ1n) is 6.84. The van der Waals surface area contributed by atoms with E-state index in [4.69, 9.17) is 11.5 Å². The smallest absolute Gasteiger partial charge is 0.268 e. The van der Waals surface area contributed by atoms with Crippen LogP contribution >= 0.6 is 0 Å². The van der Waals surface area contributed by atoms with Gasteiger partial charge in [-0.2, -0.15) is 5.10 Å². The predicted molar refractivity (Wildman–Crippen MR) is 76.3 cm³/mol. The highest BCUT2D eigenvalue weighted by molar-refractivity contribution is 5.79. The minimum Gasteiger partial charge on any atom is -0.370 e. The molecule has 1 fully saturated rings. The van der Waals surface area contributed by atoms with Crippen LogP contribution in [0.2, 0.25) is 0 Å². The minimum atomic E-state index is -0.902. The van der Waals surface area contributed by atoms with Crippen molar-refractivity contribution in [3.8, 4) is 0 Å². The summed E-state index contributed by atoms with van der Waals surface area (Å²) < 4.78 is 1.17. The first-order chi connectivity index (χ1) is 9.47. The van der Waals surface area contributed by atoms with E-state index in [1.54, 1.807) is 12.3 Å². The van der Waals surface area contributed by atoms with Crippen LogP contribution in [0.1, 0.15) is 19.8 Å². The summed E-state index contributed by atoms with van der Waals surface area (Å²) in [6.07, 6.45) is 3.98. The molecule has 0 saturated carbocycles. The van der Waals surface area contributed by atoms with Crippen LogP contribution in [0.25, 0.3) is 0 Å². The monoisotopic (exact) mass is 279 g/mol. The van der Waals surface area contributed by atoms with Crippen molar-refractivity contribution >= 4 is 11.6 Å². The van der Waals surface area contributed by atoms with Crippen molar-refractivity contribution in [3.63, 3.8) is 0 Å². The molecule has 1 aliphatic rings. The molecule has 0 aromatic carbocycles. The number of carbonyl (C=O) groups is 1. The Bertz CT molecular complexity index is 542. The first-order valence-corrected chi connectivity index (χ1v) is 6.84. The molecule has 2 rings (SSSR count). The second kappa shape index (κ2) is 6.04. The Morgan fingerprint density at radius 3 is 2.95 bits per heavy atom. The van der Waals surface area contributed by atoms with Crippen LogP contribution in [-0.4, -0.2) is 34.8 Å². The summed E-state index contributed by atoms with van der Waals surface area (Å²) in [5.74, 6) is -0.0258. The molecule has 0 radical (unpaired) electrons. The standard InChI is InChI=1S/C13H21N5O2/c1-9-3-2-4-17(7-9)10-5-12(19)18(16-6-10)8-11(14)13(15)20/h5-6,9,11H,2-4,7-8,14H2,1H3,(H2,15,20). The van der Waals surface area contributed by atoms with Gasteiger partial charge in [0.1, 0.15) is 6.04 Å². The fourth-order valence-electron chi connectivity index (χ4n) is 2.43. The number of carbonyl (C=O) groups excluding carboxylic acids is 1. The number of piperidine rings is 1. The van der Waals surface area contributed by atoms with E-state index in [9.17, 15) is 9.59 Å². The van der Waals surface area contributed by atoms with Crippen molar-refractivity contribution in [2.24, 2.45) is 17.4 Å². The summed E-state index contributed by atoms with van der Waals surface area (Å²) in [6, 6.07) is 0.639. The Kier molecular flexibility index (Phi) is 4.39. The topological polar surface area (TPSA) is 107 Å². The second-order valence-corrected chi connectivity index (χ2v) is 5.44. The van der Waals surface area contributed by atoms with E-state index in [1.807, 2.05) is 0 Å². The Hall–Kier alpha value is -1.89. The Morgan fingerprint density at radius 1 is 1.60 bits per heavy atom. The van der Waals surface area contributed by atoms with Crippen molar-refractivity contribution in [2.45, 2.75) is 32.4 Å². The number of nitrogens with zero attached hydrogens (tertiary/aromatic N) is 3. The molecule has 110 valence electrons. The fourth-order valence-corrected chi connectivity index (χ4v) is 2.43. The van der Waals surface area contributed by atoms with Gasteiger partial charge in [-0.1, -0.05) is 6.92 Å². The van der Waals surface area contributed by atoms with Gasteiger partial charge in [0.25, 0.3) is 5.56 Å². The lowest BCUT2D eigenvalue weighted by atomic mass is 10.00. The predicted octanol–water partition coefficient (Wildman–Crippen LogP) is -0.708. The fraction of sp³-hybridized carbons (Fsp3) is 0.615. The average molecular weight is 279 g/mol. The molecule has 7 nitrogen and oxygen atoms in total. The van der Waals surface area contributed by atoms with E-state index in [0.717, 1.165) is 25.2 Å². The molecule has 1 aromatic rings. The lowest BCUT2D eigenvalue weighted by molar-refractivity contribution is -0.119.